The van der Waals surface area contributed by atoms with Crippen LogP contribution in [0.2, 0.25) is 0 Å². The van der Waals surface area contributed by atoms with E-state index < -0.39 is 0 Å². The lowest BCUT2D eigenvalue weighted by atomic mass is 10.1. The topological polar surface area (TPSA) is 47.6 Å². The minimum atomic E-state index is -0.136. The van der Waals surface area contributed by atoms with Gasteiger partial charge >= 0.3 is 0 Å². The van der Waals surface area contributed by atoms with Crippen LogP contribution in [0.1, 0.15) is 69.7 Å². The fourth-order valence-corrected chi connectivity index (χ4v) is 2.85. The van der Waals surface area contributed by atoms with Crippen LogP contribution in [-0.4, -0.2) is 19.1 Å². The van der Waals surface area contributed by atoms with Crippen molar-refractivity contribution in [2.45, 2.75) is 59.3 Å². The predicted molar refractivity (Wildman–Crippen MR) is 120 cm³/mol. The summed E-state index contributed by atoms with van der Waals surface area (Å²) in [4.78, 5) is 12.4. The Morgan fingerprint density at radius 3 is 2.03 bits per heavy atom. The molecule has 1 N–H and O–H groups in total. The van der Waals surface area contributed by atoms with Gasteiger partial charge in [0.1, 0.15) is 11.5 Å². The summed E-state index contributed by atoms with van der Waals surface area (Å²) in [5, 5.41) is 2.92. The van der Waals surface area contributed by atoms with Gasteiger partial charge in [-0.15, -0.1) is 0 Å². The van der Waals surface area contributed by atoms with Crippen LogP contribution in [0.5, 0.6) is 11.5 Å². The van der Waals surface area contributed by atoms with E-state index in [1.807, 2.05) is 36.4 Å². The molecule has 0 saturated heterocycles. The second-order valence-corrected chi connectivity index (χ2v) is 7.80. The maximum Gasteiger partial charge on any atom is 0.255 e. The van der Waals surface area contributed by atoms with E-state index in [0.717, 1.165) is 36.6 Å². The molecule has 0 saturated carbocycles. The zero-order valence-electron chi connectivity index (χ0n) is 18.1. The van der Waals surface area contributed by atoms with Gasteiger partial charge in [-0.3, -0.25) is 4.79 Å². The molecule has 2 rings (SSSR count). The summed E-state index contributed by atoms with van der Waals surface area (Å²) in [5.74, 6) is 2.10. The largest absolute Gasteiger partial charge is 0.494 e. The second kappa shape index (κ2) is 12.9. The van der Waals surface area contributed by atoms with Crippen LogP contribution in [0.4, 0.5) is 5.69 Å². The highest BCUT2D eigenvalue weighted by molar-refractivity contribution is 6.04. The van der Waals surface area contributed by atoms with Gasteiger partial charge < -0.3 is 14.8 Å². The van der Waals surface area contributed by atoms with Crippen molar-refractivity contribution >= 4 is 11.6 Å². The van der Waals surface area contributed by atoms with E-state index in [-0.39, 0.29) is 5.91 Å². The number of hydrogen-bond acceptors (Lipinski definition) is 3. The van der Waals surface area contributed by atoms with Crippen LogP contribution in [0.15, 0.2) is 48.5 Å². The number of unbranched alkanes of at least 4 members (excludes halogenated alkanes) is 4. The average molecular weight is 398 g/mol. The standard InChI is InChI=1S/C25H35NO3/c1-4-5-6-7-8-18-28-24-15-11-22(12-16-24)26-25(27)21-9-13-23(14-10-21)29-19-17-20(2)3/h9-16,20H,4-8,17-19H2,1-3H3,(H,26,27). The minimum absolute atomic E-state index is 0.136. The molecule has 0 bridgehead atoms. The first-order valence-electron chi connectivity index (χ1n) is 10.9. The SMILES string of the molecule is CCCCCCCOc1ccc(NC(=O)c2ccc(OCCC(C)C)cc2)cc1. The van der Waals surface area contributed by atoms with Gasteiger partial charge in [-0.1, -0.05) is 46.5 Å². The molecule has 2 aromatic carbocycles. The third-order valence-electron chi connectivity index (χ3n) is 4.71. The fraction of sp³-hybridized carbons (Fsp3) is 0.480. The first-order valence-corrected chi connectivity index (χ1v) is 10.9. The number of carbonyl (C=O) groups is 1. The molecule has 0 fully saturated rings. The van der Waals surface area contributed by atoms with Crippen molar-refractivity contribution in [1.29, 1.82) is 0 Å². The highest BCUT2D eigenvalue weighted by Gasteiger charge is 2.07. The number of ether oxygens (including phenoxy) is 2. The Bertz CT molecular complexity index is 708. The molecule has 0 aliphatic carbocycles. The zero-order valence-corrected chi connectivity index (χ0v) is 18.1. The Morgan fingerprint density at radius 1 is 0.828 bits per heavy atom. The van der Waals surface area contributed by atoms with Crippen molar-refractivity contribution < 1.29 is 14.3 Å². The maximum atomic E-state index is 12.4. The van der Waals surface area contributed by atoms with Crippen LogP contribution in [0.25, 0.3) is 0 Å². The van der Waals surface area contributed by atoms with Gasteiger partial charge in [0.05, 0.1) is 13.2 Å². The fourth-order valence-electron chi connectivity index (χ4n) is 2.85. The smallest absolute Gasteiger partial charge is 0.255 e. The Morgan fingerprint density at radius 2 is 1.41 bits per heavy atom. The first kappa shape index (κ1) is 22.8. The number of rotatable bonds is 13. The van der Waals surface area contributed by atoms with E-state index in [9.17, 15) is 4.79 Å². The van der Waals surface area contributed by atoms with Crippen molar-refractivity contribution in [2.75, 3.05) is 18.5 Å². The Labute approximate surface area is 175 Å². The Kier molecular flexibility index (Phi) is 10.1. The summed E-state index contributed by atoms with van der Waals surface area (Å²) < 4.78 is 11.5. The molecule has 0 aromatic heterocycles. The van der Waals surface area contributed by atoms with Crippen LogP contribution in [0, 0.1) is 5.92 Å². The lowest BCUT2D eigenvalue weighted by Gasteiger charge is -2.10. The van der Waals surface area contributed by atoms with Gasteiger partial charge in [0.15, 0.2) is 0 Å². The molecule has 4 heteroatoms. The molecule has 2 aromatic rings. The summed E-state index contributed by atoms with van der Waals surface area (Å²) in [5.41, 5.74) is 1.36. The number of hydrogen-bond donors (Lipinski definition) is 1. The van der Waals surface area contributed by atoms with Crippen LogP contribution in [0.3, 0.4) is 0 Å². The quantitative estimate of drug-likeness (QED) is 0.382. The number of carbonyl (C=O) groups excluding carboxylic acids is 1. The van der Waals surface area contributed by atoms with E-state index in [0.29, 0.717) is 18.1 Å². The van der Waals surface area contributed by atoms with Crippen molar-refractivity contribution in [2.24, 2.45) is 5.92 Å². The molecular formula is C25H35NO3. The Balaban J connectivity index is 1.75. The van der Waals surface area contributed by atoms with E-state index in [4.69, 9.17) is 9.47 Å². The summed E-state index contributed by atoms with van der Waals surface area (Å²) in [6.45, 7) is 7.99. The van der Waals surface area contributed by atoms with Crippen LogP contribution < -0.4 is 14.8 Å². The molecule has 0 atom stereocenters. The van der Waals surface area contributed by atoms with Gasteiger partial charge in [-0.2, -0.15) is 0 Å². The summed E-state index contributed by atoms with van der Waals surface area (Å²) in [7, 11) is 0. The molecule has 0 radical (unpaired) electrons. The minimum Gasteiger partial charge on any atom is -0.494 e. The molecule has 0 spiro atoms. The molecular weight excluding hydrogens is 362 g/mol. The first-order chi connectivity index (χ1) is 14.1. The number of benzene rings is 2. The third-order valence-corrected chi connectivity index (χ3v) is 4.71. The maximum absolute atomic E-state index is 12.4. The van der Waals surface area contributed by atoms with Crippen LogP contribution in [-0.2, 0) is 0 Å². The molecule has 158 valence electrons. The summed E-state index contributed by atoms with van der Waals surface area (Å²) in [6.07, 6.45) is 7.13. The van der Waals surface area contributed by atoms with Gasteiger partial charge in [-0.05, 0) is 67.3 Å². The van der Waals surface area contributed by atoms with Gasteiger partial charge in [-0.25, -0.2) is 0 Å². The molecule has 0 aliphatic rings. The highest BCUT2D eigenvalue weighted by Crippen LogP contribution is 2.18. The highest BCUT2D eigenvalue weighted by atomic mass is 16.5. The molecule has 4 nitrogen and oxygen atoms in total. The number of nitrogens with one attached hydrogen (secondary N) is 1. The number of amides is 1. The van der Waals surface area contributed by atoms with Crippen LogP contribution >= 0.6 is 0 Å². The molecule has 29 heavy (non-hydrogen) atoms. The van der Waals surface area contributed by atoms with E-state index in [2.05, 4.69) is 26.1 Å². The zero-order chi connectivity index (χ0) is 20.9. The second-order valence-electron chi connectivity index (χ2n) is 7.80. The van der Waals surface area contributed by atoms with E-state index >= 15 is 0 Å². The van der Waals surface area contributed by atoms with Gasteiger partial charge in [0.2, 0.25) is 0 Å². The lowest BCUT2D eigenvalue weighted by molar-refractivity contribution is 0.102. The van der Waals surface area contributed by atoms with Crippen molar-refractivity contribution in [1.82, 2.24) is 0 Å². The Hall–Kier alpha value is -2.49. The molecule has 0 unspecified atom stereocenters. The summed E-state index contributed by atoms with van der Waals surface area (Å²) >= 11 is 0. The van der Waals surface area contributed by atoms with E-state index in [1.54, 1.807) is 12.1 Å². The van der Waals surface area contributed by atoms with Gasteiger partial charge in [0.25, 0.3) is 5.91 Å². The number of anilines is 1. The monoisotopic (exact) mass is 397 g/mol. The molecule has 0 heterocycles. The summed E-state index contributed by atoms with van der Waals surface area (Å²) in [6, 6.07) is 14.8. The van der Waals surface area contributed by atoms with Crippen molar-refractivity contribution in [3.05, 3.63) is 54.1 Å². The molecule has 0 aliphatic heterocycles. The molecule has 1 amide bonds. The normalized spacial score (nSPS) is 10.8. The van der Waals surface area contributed by atoms with E-state index in [1.165, 1.54) is 25.7 Å². The average Bonchev–Trinajstić information content (AvgIpc) is 2.72. The van der Waals surface area contributed by atoms with Gasteiger partial charge in [0, 0.05) is 11.3 Å². The van der Waals surface area contributed by atoms with Crippen molar-refractivity contribution in [3.8, 4) is 11.5 Å². The predicted octanol–water partition coefficient (Wildman–Crippen LogP) is 6.71. The third kappa shape index (κ3) is 9.03. The van der Waals surface area contributed by atoms with Crippen molar-refractivity contribution in [3.63, 3.8) is 0 Å². The lowest BCUT2D eigenvalue weighted by Crippen LogP contribution is -2.11.